The van der Waals surface area contributed by atoms with Gasteiger partial charge in [-0.2, -0.15) is 10.1 Å². The molecule has 1 heterocycles. The van der Waals surface area contributed by atoms with Crippen LogP contribution >= 0.6 is 11.6 Å². The van der Waals surface area contributed by atoms with Gasteiger partial charge in [-0.25, -0.2) is 17.9 Å². The molecule has 0 fully saturated rings. The normalized spacial score (nSPS) is 16.8. The van der Waals surface area contributed by atoms with E-state index in [1.807, 2.05) is 0 Å². The molecule has 0 saturated carbocycles. The molecule has 1 atom stereocenters. The number of alkyl halides is 1. The molecule has 0 aliphatic heterocycles. The Labute approximate surface area is 163 Å². The van der Waals surface area contributed by atoms with Crippen molar-refractivity contribution in [3.63, 3.8) is 0 Å². The van der Waals surface area contributed by atoms with Crippen LogP contribution in [0.4, 0.5) is 24.8 Å². The summed E-state index contributed by atoms with van der Waals surface area (Å²) in [4.78, 5) is 15.5. The van der Waals surface area contributed by atoms with E-state index in [1.165, 1.54) is 11.8 Å². The first kappa shape index (κ1) is 19.9. The van der Waals surface area contributed by atoms with Gasteiger partial charge in [-0.15, -0.1) is 0 Å². The number of nitrogens with zero attached hydrogens (tertiary/aromatic N) is 3. The van der Waals surface area contributed by atoms with Crippen LogP contribution in [0.5, 0.6) is 5.75 Å². The number of hydrogen-bond donors (Lipinski definition) is 1. The highest BCUT2D eigenvalue weighted by molar-refractivity contribution is 6.32. The molecule has 2 aromatic rings. The number of hydrogen-bond acceptors (Lipinski definition) is 5. The number of benzene rings is 1. The Bertz CT molecular complexity index is 1040. The summed E-state index contributed by atoms with van der Waals surface area (Å²) >= 11 is 6.14. The average molecular weight is 413 g/mol. The van der Waals surface area contributed by atoms with E-state index in [-0.39, 0.29) is 24.5 Å². The van der Waals surface area contributed by atoms with E-state index in [4.69, 9.17) is 16.3 Å². The van der Waals surface area contributed by atoms with Crippen molar-refractivity contribution in [1.29, 1.82) is 0 Å². The zero-order valence-corrected chi connectivity index (χ0v) is 15.7. The van der Waals surface area contributed by atoms with E-state index in [1.54, 1.807) is 19.1 Å². The zero-order chi connectivity index (χ0) is 20.4. The molecule has 1 aromatic heterocycles. The Morgan fingerprint density at radius 1 is 1.39 bits per heavy atom. The highest BCUT2D eigenvalue weighted by Crippen LogP contribution is 2.32. The fourth-order valence-electron chi connectivity index (χ4n) is 2.72. The van der Waals surface area contributed by atoms with Gasteiger partial charge >= 0.3 is 0 Å². The van der Waals surface area contributed by atoms with Crippen molar-refractivity contribution in [3.05, 3.63) is 62.6 Å². The van der Waals surface area contributed by atoms with Gasteiger partial charge in [0.15, 0.2) is 17.8 Å². The molecule has 1 aliphatic rings. The first-order chi connectivity index (χ1) is 13.3. The maximum atomic E-state index is 13.6. The molecule has 1 unspecified atom stereocenters. The van der Waals surface area contributed by atoms with Crippen molar-refractivity contribution >= 4 is 23.2 Å². The third-order valence-corrected chi connectivity index (χ3v) is 4.44. The second-order valence-corrected chi connectivity index (χ2v) is 6.58. The van der Waals surface area contributed by atoms with Crippen LogP contribution in [0, 0.1) is 6.92 Å². The molecule has 1 aliphatic carbocycles. The van der Waals surface area contributed by atoms with Gasteiger partial charge in [0.1, 0.15) is 11.9 Å². The van der Waals surface area contributed by atoms with E-state index < -0.39 is 23.4 Å². The standard InChI is InChI=1S/C18H16ClF3N4O2/c1-9-3-15(28-2)11(19)6-14(9)24-18-25-16(27)7-23-26(18)8-10-4-12(20)17(22)13(21)5-10/h3-4,6-7,13H,5,8H2,1-2H3,(H,24,25,27). The average Bonchev–Trinajstić information content (AvgIpc) is 2.64. The number of nitrogens with one attached hydrogen (secondary N) is 1. The molecule has 0 saturated heterocycles. The summed E-state index contributed by atoms with van der Waals surface area (Å²) in [6, 6.07) is 3.29. The molecule has 0 radical (unpaired) electrons. The maximum absolute atomic E-state index is 13.6. The Hall–Kier alpha value is -2.81. The lowest BCUT2D eigenvalue weighted by atomic mass is 10.0. The third-order valence-electron chi connectivity index (χ3n) is 4.14. The summed E-state index contributed by atoms with van der Waals surface area (Å²) in [7, 11) is 1.49. The fraction of sp³-hybridized carbons (Fsp3) is 0.278. The lowest BCUT2D eigenvalue weighted by Crippen LogP contribution is -2.21. The third kappa shape index (κ3) is 4.19. The van der Waals surface area contributed by atoms with Crippen LogP contribution in [0.3, 0.4) is 0 Å². The predicted molar refractivity (Wildman–Crippen MR) is 99.2 cm³/mol. The van der Waals surface area contributed by atoms with Crippen LogP contribution in [0.15, 0.2) is 46.4 Å². The van der Waals surface area contributed by atoms with Crippen LogP contribution in [-0.4, -0.2) is 28.0 Å². The first-order valence-electron chi connectivity index (χ1n) is 8.22. The molecule has 0 spiro atoms. The second-order valence-electron chi connectivity index (χ2n) is 6.17. The smallest absolute Gasteiger partial charge is 0.293 e. The minimum Gasteiger partial charge on any atom is -0.495 e. The second kappa shape index (κ2) is 8.05. The van der Waals surface area contributed by atoms with Crippen molar-refractivity contribution in [3.8, 4) is 5.75 Å². The van der Waals surface area contributed by atoms with Crippen molar-refractivity contribution in [2.45, 2.75) is 26.1 Å². The number of aromatic nitrogens is 3. The number of aryl methyl sites for hydroxylation is 1. The maximum Gasteiger partial charge on any atom is 0.293 e. The summed E-state index contributed by atoms with van der Waals surface area (Å²) in [5.41, 5.74) is 0.950. The molecule has 0 bridgehead atoms. The van der Waals surface area contributed by atoms with Gasteiger partial charge in [0.25, 0.3) is 5.56 Å². The lowest BCUT2D eigenvalue weighted by molar-refractivity contribution is 0.301. The van der Waals surface area contributed by atoms with Crippen LogP contribution < -0.4 is 15.6 Å². The van der Waals surface area contributed by atoms with Crippen LogP contribution in [0.1, 0.15) is 12.0 Å². The Morgan fingerprint density at radius 3 is 2.82 bits per heavy atom. The molecular weight excluding hydrogens is 397 g/mol. The van der Waals surface area contributed by atoms with E-state index in [0.29, 0.717) is 16.5 Å². The highest BCUT2D eigenvalue weighted by atomic mass is 35.5. The summed E-state index contributed by atoms with van der Waals surface area (Å²) in [5, 5.41) is 7.23. The van der Waals surface area contributed by atoms with Gasteiger partial charge in [0.05, 0.1) is 18.7 Å². The number of methoxy groups -OCH3 is 1. The van der Waals surface area contributed by atoms with Crippen LogP contribution in [0.2, 0.25) is 5.02 Å². The van der Waals surface area contributed by atoms with Gasteiger partial charge in [-0.1, -0.05) is 11.6 Å². The molecular formula is C18H16ClF3N4O2. The Kier molecular flexibility index (Phi) is 5.73. The van der Waals surface area contributed by atoms with Crippen molar-refractivity contribution < 1.29 is 17.9 Å². The van der Waals surface area contributed by atoms with Gasteiger partial charge in [-0.3, -0.25) is 4.79 Å². The quantitative estimate of drug-likeness (QED) is 0.798. The molecule has 10 heteroatoms. The van der Waals surface area contributed by atoms with Crippen LogP contribution in [-0.2, 0) is 6.54 Å². The minimum atomic E-state index is -2.05. The van der Waals surface area contributed by atoms with Gasteiger partial charge in [-0.05, 0) is 36.3 Å². The summed E-state index contributed by atoms with van der Waals surface area (Å²) in [5.74, 6) is -2.15. The molecule has 1 aromatic carbocycles. The largest absolute Gasteiger partial charge is 0.495 e. The molecule has 1 N–H and O–H groups in total. The Morgan fingerprint density at radius 2 is 2.14 bits per heavy atom. The minimum absolute atomic E-state index is 0.0450. The van der Waals surface area contributed by atoms with Gasteiger partial charge in [0.2, 0.25) is 5.95 Å². The summed E-state index contributed by atoms with van der Waals surface area (Å²) in [6.45, 7) is 1.71. The van der Waals surface area contributed by atoms with Gasteiger partial charge in [0, 0.05) is 12.1 Å². The van der Waals surface area contributed by atoms with Gasteiger partial charge < -0.3 is 10.1 Å². The summed E-state index contributed by atoms with van der Waals surface area (Å²) < 4.78 is 46.7. The topological polar surface area (TPSA) is 69.0 Å². The summed E-state index contributed by atoms with van der Waals surface area (Å²) in [6.07, 6.45) is -0.474. The van der Waals surface area contributed by atoms with Crippen molar-refractivity contribution in [2.24, 2.45) is 0 Å². The van der Waals surface area contributed by atoms with Crippen LogP contribution in [0.25, 0.3) is 0 Å². The lowest BCUT2D eigenvalue weighted by Gasteiger charge is -2.18. The number of halogens is 4. The molecule has 28 heavy (non-hydrogen) atoms. The first-order valence-corrected chi connectivity index (χ1v) is 8.60. The SMILES string of the molecule is COc1cc(C)c(Nc2nc(=O)cnn2CC2=CC(F)=C(F)C(F)C2)cc1Cl. The van der Waals surface area contributed by atoms with Crippen molar-refractivity contribution in [2.75, 3.05) is 12.4 Å². The monoisotopic (exact) mass is 412 g/mol. The number of anilines is 2. The van der Waals surface area contributed by atoms with E-state index in [0.717, 1.165) is 17.8 Å². The zero-order valence-electron chi connectivity index (χ0n) is 15.0. The predicted octanol–water partition coefficient (Wildman–Crippen LogP) is 4.17. The molecule has 0 amide bonds. The molecule has 6 nitrogen and oxygen atoms in total. The van der Waals surface area contributed by atoms with Crippen molar-refractivity contribution in [1.82, 2.24) is 14.8 Å². The number of ether oxygens (including phenoxy) is 1. The van der Waals surface area contributed by atoms with E-state index >= 15 is 0 Å². The molecule has 3 rings (SSSR count). The number of rotatable bonds is 5. The molecule has 148 valence electrons. The Balaban J connectivity index is 1.94. The number of allylic oxidation sites excluding steroid dienone is 4. The van der Waals surface area contributed by atoms with E-state index in [2.05, 4.69) is 15.4 Å². The fourth-order valence-corrected chi connectivity index (χ4v) is 2.96. The highest BCUT2D eigenvalue weighted by Gasteiger charge is 2.25. The van der Waals surface area contributed by atoms with E-state index in [9.17, 15) is 18.0 Å².